The fourth-order valence-electron chi connectivity index (χ4n) is 2.91. The van der Waals surface area contributed by atoms with Crippen LogP contribution in [0, 0.1) is 6.92 Å². The van der Waals surface area contributed by atoms with Gasteiger partial charge in [0.15, 0.2) is 11.3 Å². The van der Waals surface area contributed by atoms with Crippen molar-refractivity contribution in [1.29, 1.82) is 0 Å². The Kier molecular flexibility index (Phi) is 2.22. The maximum absolute atomic E-state index is 5.98. The Hall–Kier alpha value is -2.76. The molecule has 0 amide bonds. The second-order valence-corrected chi connectivity index (χ2v) is 5.31. The molecule has 4 rings (SSSR count). The zero-order valence-corrected chi connectivity index (χ0v) is 12.1. The van der Waals surface area contributed by atoms with E-state index in [1.54, 1.807) is 0 Å². The zero-order valence-electron chi connectivity index (χ0n) is 12.1. The fourth-order valence-corrected chi connectivity index (χ4v) is 2.91. The lowest BCUT2D eigenvalue weighted by molar-refractivity contribution is -0.421. The molecule has 0 spiro atoms. The molecule has 2 aromatic heterocycles. The van der Waals surface area contributed by atoms with Crippen molar-refractivity contribution in [3.8, 4) is 0 Å². The number of nitrogen functional groups attached to an aromatic ring is 1. The maximum Gasteiger partial charge on any atom is 0.340 e. The van der Waals surface area contributed by atoms with Crippen molar-refractivity contribution in [2.24, 2.45) is 7.05 Å². The van der Waals surface area contributed by atoms with Gasteiger partial charge in [0.2, 0.25) is 6.33 Å². The minimum absolute atomic E-state index is 0.519. The number of aromatic nitrogens is 4. The number of rotatable bonds is 1. The highest BCUT2D eigenvalue weighted by Crippen LogP contribution is 2.33. The van der Waals surface area contributed by atoms with Crippen LogP contribution in [0.1, 0.15) is 16.8 Å². The molecule has 1 aliphatic heterocycles. The molecule has 21 heavy (non-hydrogen) atoms. The van der Waals surface area contributed by atoms with Gasteiger partial charge in [0.05, 0.1) is 12.6 Å². The third kappa shape index (κ3) is 1.47. The number of fused-ring (bicyclic) bond motifs is 2. The largest absolute Gasteiger partial charge is 0.383 e. The maximum atomic E-state index is 5.98. The molecule has 0 unspecified atom stereocenters. The predicted molar refractivity (Wildman–Crippen MR) is 81.0 cm³/mol. The SMILES string of the molecule is Cc1c2ccc(C3=[N+](C)c4ncnc(N)c43)cc2nn1C. The minimum Gasteiger partial charge on any atom is -0.383 e. The lowest BCUT2D eigenvalue weighted by Crippen LogP contribution is -2.29. The van der Waals surface area contributed by atoms with E-state index in [2.05, 4.69) is 40.2 Å². The summed E-state index contributed by atoms with van der Waals surface area (Å²) in [5.74, 6) is 1.39. The van der Waals surface area contributed by atoms with Crippen molar-refractivity contribution >= 4 is 28.3 Å². The summed E-state index contributed by atoms with van der Waals surface area (Å²) < 4.78 is 3.93. The standard InChI is InChI=1S/C15H14N6/c1-8-10-5-4-9(6-11(10)19-21(8)3)13-12-14(16)17-7-18-15(12)20(13)2/h4-7,16H,1-3H3/p+1. The molecular weight excluding hydrogens is 264 g/mol. The molecule has 2 N–H and O–H groups in total. The first-order valence-corrected chi connectivity index (χ1v) is 6.73. The molecule has 0 fully saturated rings. The minimum atomic E-state index is 0.519. The highest BCUT2D eigenvalue weighted by Gasteiger charge is 2.37. The van der Waals surface area contributed by atoms with Crippen molar-refractivity contribution in [2.75, 3.05) is 12.8 Å². The number of anilines is 1. The number of hydrogen-bond donors (Lipinski definition) is 1. The summed E-state index contributed by atoms with van der Waals surface area (Å²) in [5, 5.41) is 5.71. The predicted octanol–water partition coefficient (Wildman–Crippen LogP) is 1.38. The number of nitrogens with zero attached hydrogens (tertiary/aromatic N) is 5. The number of aryl methyl sites for hydroxylation is 2. The Bertz CT molecular complexity index is 935. The second-order valence-electron chi connectivity index (χ2n) is 5.31. The van der Waals surface area contributed by atoms with Crippen molar-refractivity contribution in [2.45, 2.75) is 6.92 Å². The monoisotopic (exact) mass is 279 g/mol. The molecule has 1 aromatic carbocycles. The summed E-state index contributed by atoms with van der Waals surface area (Å²) >= 11 is 0. The summed E-state index contributed by atoms with van der Waals surface area (Å²) in [6, 6.07) is 6.29. The first-order valence-electron chi connectivity index (χ1n) is 6.73. The summed E-state index contributed by atoms with van der Waals surface area (Å²) in [6.07, 6.45) is 1.49. The molecule has 0 aliphatic carbocycles. The molecule has 3 heterocycles. The first kappa shape index (κ1) is 12.0. The van der Waals surface area contributed by atoms with Crippen LogP contribution in [-0.4, -0.2) is 37.1 Å². The van der Waals surface area contributed by atoms with Crippen LogP contribution >= 0.6 is 0 Å². The highest BCUT2D eigenvalue weighted by molar-refractivity contribution is 6.19. The molecule has 0 bridgehead atoms. The molecular formula is C15H15N6+. The van der Waals surface area contributed by atoms with Gasteiger partial charge in [0.25, 0.3) is 0 Å². The van der Waals surface area contributed by atoms with Crippen LogP contribution in [-0.2, 0) is 7.05 Å². The van der Waals surface area contributed by atoms with Gasteiger partial charge in [0.1, 0.15) is 5.82 Å². The van der Waals surface area contributed by atoms with E-state index >= 15 is 0 Å². The van der Waals surface area contributed by atoms with Crippen LogP contribution in [0.25, 0.3) is 10.9 Å². The third-order valence-corrected chi connectivity index (χ3v) is 4.15. The smallest absolute Gasteiger partial charge is 0.340 e. The summed E-state index contributed by atoms with van der Waals surface area (Å²) in [7, 11) is 3.94. The lowest BCUT2D eigenvalue weighted by Gasteiger charge is -2.19. The molecule has 0 radical (unpaired) electrons. The fraction of sp³-hybridized carbons (Fsp3) is 0.200. The Morgan fingerprint density at radius 1 is 1.24 bits per heavy atom. The molecule has 6 nitrogen and oxygen atoms in total. The van der Waals surface area contributed by atoms with Crippen LogP contribution < -0.4 is 5.73 Å². The van der Waals surface area contributed by atoms with E-state index in [1.165, 1.54) is 11.7 Å². The van der Waals surface area contributed by atoms with E-state index in [4.69, 9.17) is 5.73 Å². The summed E-state index contributed by atoms with van der Waals surface area (Å²) in [6.45, 7) is 2.07. The van der Waals surface area contributed by atoms with Gasteiger partial charge in [-0.25, -0.2) is 4.58 Å². The van der Waals surface area contributed by atoms with Crippen LogP contribution in [0.4, 0.5) is 11.6 Å². The summed E-state index contributed by atoms with van der Waals surface area (Å²) in [5.41, 5.74) is 11.2. The third-order valence-electron chi connectivity index (χ3n) is 4.15. The molecule has 0 saturated carbocycles. The molecule has 104 valence electrons. The van der Waals surface area contributed by atoms with Crippen molar-refractivity contribution < 1.29 is 4.58 Å². The van der Waals surface area contributed by atoms with Crippen LogP contribution in [0.2, 0.25) is 0 Å². The van der Waals surface area contributed by atoms with Gasteiger partial charge >= 0.3 is 5.82 Å². The van der Waals surface area contributed by atoms with Gasteiger partial charge in [-0.15, -0.1) is 0 Å². The molecule has 6 heteroatoms. The number of benzene rings is 1. The van der Waals surface area contributed by atoms with Crippen LogP contribution in [0.15, 0.2) is 24.5 Å². The molecule has 1 aliphatic rings. The average molecular weight is 279 g/mol. The van der Waals surface area contributed by atoms with Crippen molar-refractivity contribution in [3.63, 3.8) is 0 Å². The van der Waals surface area contributed by atoms with Crippen LogP contribution in [0.3, 0.4) is 0 Å². The van der Waals surface area contributed by atoms with Gasteiger partial charge in [-0.2, -0.15) is 10.1 Å². The van der Waals surface area contributed by atoms with Gasteiger partial charge in [0, 0.05) is 23.7 Å². The van der Waals surface area contributed by atoms with Gasteiger partial charge in [-0.05, 0) is 24.0 Å². The van der Waals surface area contributed by atoms with Gasteiger partial charge in [-0.3, -0.25) is 4.68 Å². The Labute approximate surface area is 121 Å². The van der Waals surface area contributed by atoms with E-state index < -0.39 is 0 Å². The highest BCUT2D eigenvalue weighted by atomic mass is 15.3. The average Bonchev–Trinajstić information content (AvgIpc) is 2.74. The van der Waals surface area contributed by atoms with Crippen LogP contribution in [0.5, 0.6) is 0 Å². The summed E-state index contributed by atoms with van der Waals surface area (Å²) in [4.78, 5) is 8.34. The van der Waals surface area contributed by atoms with E-state index in [-0.39, 0.29) is 0 Å². The molecule has 0 atom stereocenters. The van der Waals surface area contributed by atoms with E-state index in [9.17, 15) is 0 Å². The molecule has 0 saturated heterocycles. The Balaban J connectivity index is 1.92. The Morgan fingerprint density at radius 2 is 2.05 bits per heavy atom. The first-order chi connectivity index (χ1) is 10.1. The van der Waals surface area contributed by atoms with E-state index in [1.807, 2.05) is 23.4 Å². The zero-order chi connectivity index (χ0) is 14.7. The molecule has 3 aromatic rings. The van der Waals surface area contributed by atoms with E-state index in [0.29, 0.717) is 5.82 Å². The van der Waals surface area contributed by atoms with Crippen molar-refractivity contribution in [1.82, 2.24) is 19.7 Å². The lowest BCUT2D eigenvalue weighted by atomic mass is 9.96. The quantitative estimate of drug-likeness (QED) is 0.683. The number of hydrogen-bond acceptors (Lipinski definition) is 4. The number of nitrogens with two attached hydrogens (primary N) is 1. The van der Waals surface area contributed by atoms with Gasteiger partial charge in [-0.1, -0.05) is 6.07 Å². The Morgan fingerprint density at radius 3 is 2.86 bits per heavy atom. The topological polar surface area (TPSA) is 72.6 Å². The second kappa shape index (κ2) is 3.88. The van der Waals surface area contributed by atoms with E-state index in [0.717, 1.165) is 33.9 Å². The van der Waals surface area contributed by atoms with Gasteiger partial charge < -0.3 is 5.73 Å². The normalized spacial score (nSPS) is 13.5. The van der Waals surface area contributed by atoms with Crippen molar-refractivity contribution in [3.05, 3.63) is 41.3 Å².